The third-order valence-corrected chi connectivity index (χ3v) is 2.90. The van der Waals surface area contributed by atoms with Crippen molar-refractivity contribution in [2.45, 2.75) is 0 Å². The van der Waals surface area contributed by atoms with E-state index in [1.807, 2.05) is 0 Å². The molecule has 0 saturated carbocycles. The van der Waals surface area contributed by atoms with E-state index in [0.717, 1.165) is 0 Å². The van der Waals surface area contributed by atoms with Crippen LogP contribution in [0.3, 0.4) is 0 Å². The lowest BCUT2D eigenvalue weighted by Gasteiger charge is -2.04. The highest BCUT2D eigenvalue weighted by molar-refractivity contribution is 5.92. The summed E-state index contributed by atoms with van der Waals surface area (Å²) < 4.78 is 0. The lowest BCUT2D eigenvalue weighted by atomic mass is 10.0. The van der Waals surface area contributed by atoms with E-state index < -0.39 is 10.5 Å². The van der Waals surface area contributed by atoms with Gasteiger partial charge in [0, 0.05) is 12.3 Å². The van der Waals surface area contributed by atoms with Crippen LogP contribution in [-0.2, 0) is 0 Å². The third kappa shape index (κ3) is 1.81. The van der Waals surface area contributed by atoms with Gasteiger partial charge in [-0.1, -0.05) is 12.1 Å². The molecule has 7 nitrogen and oxygen atoms in total. The number of hydrogen-bond acceptors (Lipinski definition) is 5. The van der Waals surface area contributed by atoms with Gasteiger partial charge in [0.15, 0.2) is 0 Å². The van der Waals surface area contributed by atoms with Crippen molar-refractivity contribution >= 4 is 16.7 Å². The molecule has 0 aliphatic carbocycles. The van der Waals surface area contributed by atoms with E-state index >= 15 is 0 Å². The molecule has 0 aliphatic heterocycles. The molecule has 0 spiro atoms. The van der Waals surface area contributed by atoms with Crippen LogP contribution in [0.4, 0.5) is 5.69 Å². The molecule has 0 amide bonds. The van der Waals surface area contributed by atoms with Gasteiger partial charge in [-0.3, -0.25) is 19.9 Å². The summed E-state index contributed by atoms with van der Waals surface area (Å²) in [5.41, 5.74) is 0.542. The number of hydrogen-bond donors (Lipinski definition) is 1. The smallest absolute Gasteiger partial charge is 0.267 e. The van der Waals surface area contributed by atoms with Gasteiger partial charge in [0.25, 0.3) is 11.2 Å². The fourth-order valence-corrected chi connectivity index (χ4v) is 2.05. The van der Waals surface area contributed by atoms with E-state index in [-0.39, 0.29) is 16.8 Å². The van der Waals surface area contributed by atoms with E-state index in [1.54, 1.807) is 24.3 Å². The highest BCUT2D eigenvalue weighted by atomic mass is 16.6. The minimum Gasteiger partial charge on any atom is -0.267 e. The highest BCUT2D eigenvalue weighted by Crippen LogP contribution is 2.30. The summed E-state index contributed by atoms with van der Waals surface area (Å²) in [7, 11) is 0. The quantitative estimate of drug-likeness (QED) is 0.564. The molecule has 0 unspecified atom stereocenters. The van der Waals surface area contributed by atoms with Crippen LogP contribution >= 0.6 is 0 Å². The van der Waals surface area contributed by atoms with E-state index in [0.29, 0.717) is 11.0 Å². The predicted molar refractivity (Wildman–Crippen MR) is 72.2 cm³/mol. The molecule has 7 heteroatoms. The van der Waals surface area contributed by atoms with Gasteiger partial charge in [0.05, 0.1) is 16.1 Å². The van der Waals surface area contributed by atoms with E-state index in [9.17, 15) is 14.9 Å². The monoisotopic (exact) mass is 268 g/mol. The molecule has 0 fully saturated rings. The Labute approximate surface area is 112 Å². The zero-order valence-electron chi connectivity index (χ0n) is 10.1. The number of nitrogens with one attached hydrogen (secondary N) is 1. The number of nitro groups is 1. The Morgan fingerprint density at radius 1 is 1.15 bits per heavy atom. The van der Waals surface area contributed by atoms with E-state index in [4.69, 9.17) is 0 Å². The van der Waals surface area contributed by atoms with Crippen LogP contribution in [0.15, 0.2) is 47.4 Å². The van der Waals surface area contributed by atoms with Crippen molar-refractivity contribution in [1.82, 2.24) is 15.2 Å². The average molecular weight is 268 g/mol. The maximum absolute atomic E-state index is 12.0. The number of fused-ring (bicyclic) bond motifs is 1. The Kier molecular flexibility index (Phi) is 2.72. The van der Waals surface area contributed by atoms with Crippen LogP contribution in [0.25, 0.3) is 22.2 Å². The standard InChI is InChI=1S/C13H8N4O3/c18-13-11(8-4-1-2-6-10(8)17(19)20)12-9(15-16-13)5-3-7-14-12/h1-7H,(H,16,18). The second kappa shape index (κ2) is 4.54. The minimum absolute atomic E-state index is 0.142. The Bertz CT molecular complexity index is 873. The first-order valence-electron chi connectivity index (χ1n) is 5.75. The lowest BCUT2D eigenvalue weighted by molar-refractivity contribution is -0.384. The topological polar surface area (TPSA) is 102 Å². The summed E-state index contributed by atoms with van der Waals surface area (Å²) in [6, 6.07) is 9.41. The first-order valence-corrected chi connectivity index (χ1v) is 5.75. The normalized spacial score (nSPS) is 10.6. The lowest BCUT2D eigenvalue weighted by Crippen LogP contribution is -2.12. The summed E-state index contributed by atoms with van der Waals surface area (Å²) in [5, 5.41) is 17.3. The second-order valence-corrected chi connectivity index (χ2v) is 4.07. The Hall–Kier alpha value is -3.09. The van der Waals surface area contributed by atoms with E-state index in [1.165, 1.54) is 18.3 Å². The zero-order valence-corrected chi connectivity index (χ0v) is 10.1. The summed E-state index contributed by atoms with van der Waals surface area (Å²) >= 11 is 0. The third-order valence-electron chi connectivity index (χ3n) is 2.90. The number of H-pyrrole nitrogens is 1. The molecule has 2 heterocycles. The van der Waals surface area contributed by atoms with Crippen molar-refractivity contribution in [2.75, 3.05) is 0 Å². The van der Waals surface area contributed by atoms with Crippen LogP contribution in [0.1, 0.15) is 0 Å². The van der Waals surface area contributed by atoms with Gasteiger partial charge in [-0.2, -0.15) is 5.10 Å². The maximum Gasteiger partial charge on any atom is 0.277 e. The number of aromatic nitrogens is 3. The van der Waals surface area contributed by atoms with Crippen molar-refractivity contribution in [2.24, 2.45) is 0 Å². The number of para-hydroxylation sites is 1. The van der Waals surface area contributed by atoms with Crippen molar-refractivity contribution < 1.29 is 4.92 Å². The fourth-order valence-electron chi connectivity index (χ4n) is 2.05. The molecular weight excluding hydrogens is 260 g/mol. The number of benzene rings is 1. The summed E-state index contributed by atoms with van der Waals surface area (Å²) in [6.07, 6.45) is 1.52. The van der Waals surface area contributed by atoms with Gasteiger partial charge >= 0.3 is 0 Å². The van der Waals surface area contributed by atoms with Gasteiger partial charge < -0.3 is 0 Å². The van der Waals surface area contributed by atoms with Crippen LogP contribution in [0.2, 0.25) is 0 Å². The molecule has 3 aromatic rings. The Morgan fingerprint density at radius 3 is 2.75 bits per heavy atom. The van der Waals surface area contributed by atoms with E-state index in [2.05, 4.69) is 15.2 Å². The highest BCUT2D eigenvalue weighted by Gasteiger charge is 2.20. The van der Waals surface area contributed by atoms with Gasteiger partial charge in [-0.15, -0.1) is 0 Å². The predicted octanol–water partition coefficient (Wildman–Crippen LogP) is 1.89. The average Bonchev–Trinajstić information content (AvgIpc) is 2.47. The summed E-state index contributed by atoms with van der Waals surface area (Å²) in [5.74, 6) is 0. The molecule has 0 aliphatic rings. The molecule has 2 aromatic heterocycles. The van der Waals surface area contributed by atoms with Crippen LogP contribution in [0.5, 0.6) is 0 Å². The van der Waals surface area contributed by atoms with Crippen molar-refractivity contribution in [3.05, 3.63) is 63.1 Å². The van der Waals surface area contributed by atoms with Crippen LogP contribution in [-0.4, -0.2) is 20.1 Å². The number of pyridine rings is 1. The molecule has 0 radical (unpaired) electrons. The second-order valence-electron chi connectivity index (χ2n) is 4.07. The summed E-state index contributed by atoms with van der Waals surface area (Å²) in [4.78, 5) is 26.7. The maximum atomic E-state index is 12.0. The number of nitrogens with zero attached hydrogens (tertiary/aromatic N) is 3. The number of aromatic amines is 1. The zero-order chi connectivity index (χ0) is 14.1. The molecule has 98 valence electrons. The molecule has 0 saturated heterocycles. The fraction of sp³-hybridized carbons (Fsp3) is 0. The molecule has 1 aromatic carbocycles. The van der Waals surface area contributed by atoms with Crippen LogP contribution in [0, 0.1) is 10.1 Å². The minimum atomic E-state index is -0.524. The molecular formula is C13H8N4O3. The first-order chi connectivity index (χ1) is 9.68. The molecule has 0 atom stereocenters. The number of rotatable bonds is 2. The largest absolute Gasteiger partial charge is 0.277 e. The first kappa shape index (κ1) is 12.0. The summed E-state index contributed by atoms with van der Waals surface area (Å²) in [6.45, 7) is 0. The SMILES string of the molecule is O=c1[nH]nc2cccnc2c1-c1ccccc1[N+](=O)[O-]. The van der Waals surface area contributed by atoms with Gasteiger partial charge in [-0.05, 0) is 18.2 Å². The molecule has 20 heavy (non-hydrogen) atoms. The Morgan fingerprint density at radius 2 is 1.95 bits per heavy atom. The van der Waals surface area contributed by atoms with Gasteiger partial charge in [0.2, 0.25) is 0 Å². The van der Waals surface area contributed by atoms with Crippen molar-refractivity contribution in [3.8, 4) is 11.1 Å². The van der Waals surface area contributed by atoms with Crippen molar-refractivity contribution in [1.29, 1.82) is 0 Å². The molecule has 1 N–H and O–H groups in total. The Balaban J connectivity index is 2.44. The molecule has 0 bridgehead atoms. The van der Waals surface area contributed by atoms with Gasteiger partial charge in [-0.25, -0.2) is 5.10 Å². The van der Waals surface area contributed by atoms with Gasteiger partial charge in [0.1, 0.15) is 11.0 Å². The van der Waals surface area contributed by atoms with Crippen molar-refractivity contribution in [3.63, 3.8) is 0 Å². The van der Waals surface area contributed by atoms with Crippen LogP contribution < -0.4 is 5.56 Å². The number of nitro benzene ring substituents is 1. The molecule has 3 rings (SSSR count).